The molecule has 17 rings (SSSR count). The number of aromatic carboxylic acids is 4. The van der Waals surface area contributed by atoms with Gasteiger partial charge >= 0.3 is 30.1 Å². The number of aromatic nitrogens is 1. The molecule has 11 aromatic carbocycles. The molecular weight excluding hydrogens is 1410 g/mol. The van der Waals surface area contributed by atoms with Gasteiger partial charge in [-0.3, -0.25) is 15.0 Å². The summed E-state index contributed by atoms with van der Waals surface area (Å²) in [7, 11) is 0. The number of nitrogens with one attached hydrogen (secondary N) is 1. The summed E-state index contributed by atoms with van der Waals surface area (Å²) >= 11 is 0. The highest BCUT2D eigenvalue weighted by molar-refractivity contribution is 6.21. The van der Waals surface area contributed by atoms with Gasteiger partial charge in [-0.15, -0.1) is 0 Å². The minimum absolute atomic E-state index is 0.0108. The van der Waals surface area contributed by atoms with E-state index in [9.17, 15) is 65.9 Å². The van der Waals surface area contributed by atoms with Gasteiger partial charge in [0.15, 0.2) is 0 Å². The van der Waals surface area contributed by atoms with Gasteiger partial charge < -0.3 is 44.4 Å². The molecule has 4 heterocycles. The zero-order valence-electron chi connectivity index (χ0n) is 57.7. The summed E-state index contributed by atoms with van der Waals surface area (Å²) in [4.78, 5) is 60.8. The third-order valence-electron chi connectivity index (χ3n) is 18.7. The summed E-state index contributed by atoms with van der Waals surface area (Å²) in [5, 5.41) is 44.9. The van der Waals surface area contributed by atoms with Crippen LogP contribution in [0.25, 0.3) is 60.2 Å². The molecule has 12 aromatic rings. The summed E-state index contributed by atoms with van der Waals surface area (Å²) in [6.07, 6.45) is 9.46. The second kappa shape index (κ2) is 30.8. The number of hydrogen-bond donors (Lipinski definition) is 5. The highest BCUT2D eigenvalue weighted by Gasteiger charge is 2.32. The topological polar surface area (TPSA) is 239 Å². The van der Waals surface area contributed by atoms with Gasteiger partial charge in [-0.05, 0) is 218 Å². The van der Waals surface area contributed by atoms with Crippen LogP contribution >= 0.6 is 0 Å². The first-order chi connectivity index (χ1) is 52.5. The van der Waals surface area contributed by atoms with Crippen molar-refractivity contribution in [3.8, 4) is 57.1 Å². The summed E-state index contributed by atoms with van der Waals surface area (Å²) in [6, 6.07) is 56.7. The lowest BCUT2D eigenvalue weighted by Gasteiger charge is -2.12. The number of hydrogen-bond acceptors (Lipinski definition) is 11. The third-order valence-corrected chi connectivity index (χ3v) is 18.7. The summed E-state index contributed by atoms with van der Waals surface area (Å²) in [6.45, 7) is 3.09. The summed E-state index contributed by atoms with van der Waals surface area (Å²) in [5.41, 5.74) is 7.72. The molecule has 0 saturated heterocycles. The van der Waals surface area contributed by atoms with E-state index in [0.717, 1.165) is 74.7 Å². The average Bonchev–Trinajstić information content (AvgIpc) is 1.71. The van der Waals surface area contributed by atoms with Crippen molar-refractivity contribution in [2.75, 3.05) is 19.6 Å². The first kappa shape index (κ1) is 72.3. The number of nitrogens with zero attached hydrogens (tertiary/aromatic N) is 3. The van der Waals surface area contributed by atoms with E-state index >= 15 is 0 Å². The van der Waals surface area contributed by atoms with Crippen LogP contribution in [0.4, 0.5) is 26.3 Å². The number of alkyl halides is 3. The fourth-order valence-electron chi connectivity index (χ4n) is 13.1. The Bertz CT molecular complexity index is 5890. The molecule has 1 saturated carbocycles. The number of carbonyl (C=O) groups is 4. The molecule has 2 aliphatic carbocycles. The van der Waals surface area contributed by atoms with E-state index in [-0.39, 0.29) is 69.5 Å². The molecule has 3 aliphatic heterocycles. The molecule has 544 valence electrons. The minimum atomic E-state index is -4.55. The van der Waals surface area contributed by atoms with Crippen LogP contribution in [0, 0.1) is 12.7 Å². The fourth-order valence-corrected chi connectivity index (χ4v) is 13.1. The average molecular weight is 1470 g/mol. The number of H-pyrrole nitrogens is 1. The lowest BCUT2D eigenvalue weighted by Crippen LogP contribution is -2.05. The van der Waals surface area contributed by atoms with Gasteiger partial charge in [-0.2, -0.15) is 22.0 Å². The normalized spacial score (nSPS) is 13.9. The predicted molar refractivity (Wildman–Crippen MR) is 405 cm³/mol. The molecule has 1 fully saturated rings. The Balaban J connectivity index is 0.000000122. The van der Waals surface area contributed by atoms with Gasteiger partial charge in [-0.1, -0.05) is 121 Å². The van der Waals surface area contributed by atoms with Crippen molar-refractivity contribution in [3.05, 3.63) is 303 Å². The zero-order chi connectivity index (χ0) is 76.2. The zero-order valence-corrected chi connectivity index (χ0v) is 57.7. The maximum atomic E-state index is 13.8. The Morgan fingerprint density at radius 3 is 1.47 bits per heavy atom. The van der Waals surface area contributed by atoms with Crippen molar-refractivity contribution in [3.63, 3.8) is 0 Å². The van der Waals surface area contributed by atoms with Crippen molar-refractivity contribution in [2.24, 2.45) is 15.0 Å². The molecule has 22 heteroatoms. The van der Waals surface area contributed by atoms with Crippen LogP contribution in [0.5, 0.6) is 46.0 Å². The molecule has 0 atom stereocenters. The Morgan fingerprint density at radius 2 is 0.945 bits per heavy atom. The van der Waals surface area contributed by atoms with E-state index in [1.165, 1.54) is 89.8 Å². The number of rotatable bonds is 17. The quantitative estimate of drug-likeness (QED) is 0.0535. The highest BCUT2D eigenvalue weighted by atomic mass is 19.4. The number of carboxylic acids is 4. The fraction of sp³-hybridized carbons (Fsp3) is 0.115. The van der Waals surface area contributed by atoms with Crippen LogP contribution < -0.4 is 18.9 Å². The molecule has 5 aliphatic rings. The van der Waals surface area contributed by atoms with Crippen LogP contribution in [0.1, 0.15) is 105 Å². The van der Waals surface area contributed by atoms with E-state index in [2.05, 4.69) is 62.4 Å². The Hall–Kier alpha value is -13.6. The number of benzene rings is 11. The molecule has 0 radical (unpaired) electrons. The smallest absolute Gasteiger partial charge is 0.416 e. The molecular formula is C87H62F6N4O12. The lowest BCUT2D eigenvalue weighted by atomic mass is 10.0. The molecule has 0 spiro atoms. The van der Waals surface area contributed by atoms with Gasteiger partial charge in [0.2, 0.25) is 11.9 Å². The van der Waals surface area contributed by atoms with Crippen LogP contribution in [0.3, 0.4) is 0 Å². The van der Waals surface area contributed by atoms with Crippen molar-refractivity contribution >= 4 is 91.1 Å². The van der Waals surface area contributed by atoms with Gasteiger partial charge in [0.25, 0.3) is 0 Å². The Morgan fingerprint density at radius 1 is 0.450 bits per heavy atom. The van der Waals surface area contributed by atoms with Crippen LogP contribution in [-0.4, -0.2) is 87.1 Å². The van der Waals surface area contributed by atoms with Crippen LogP contribution in [0.15, 0.2) is 246 Å². The number of ether oxygens (including phenoxy) is 4. The highest BCUT2D eigenvalue weighted by Crippen LogP contribution is 2.43. The standard InChI is InChI=1S/C24H18FNO3.C23H16FNO3.C22H17NO3.C18H11F4NO3/c25-23-20(9-10-26-23)17-6-8-22(21(13-17)24(27)28)29-19-7-5-15-3-4-16(14-1-2-14)11-18(15)12-19;24-20-12-25-11-19(20)14-6-7-21(18(10-14)23(26)27)28-17-8-15-3-1-2-13-4-5-16(9-17)22(13)15;1-14-2-3-15-4-6-19(11-18(15)10-14)26-21-7-5-16(12-20(21)22(24)25)17-8-9-23-13-17;19-16-13(6-7-23-16)10-4-5-15(14(8-10)17(24)25)26-12-3-1-2-11(9-12)18(20,21)22/h3-9,11-14H,1-2,10H2,(H,27,28);1-3,6-12,25H,4-5H2,(H,26,27);2-8,10-13H,9H2,1H3,(H,24,25);1-6,8-9H,7H2,(H,24,25). The lowest BCUT2D eigenvalue weighted by molar-refractivity contribution is -0.137. The second-order valence-electron chi connectivity index (χ2n) is 26.0. The summed E-state index contributed by atoms with van der Waals surface area (Å²) < 4.78 is 103. The number of halogens is 6. The number of aryl methyl sites for hydroxylation is 3. The van der Waals surface area contributed by atoms with E-state index in [0.29, 0.717) is 57.7 Å². The molecule has 16 nitrogen and oxygen atoms in total. The van der Waals surface area contributed by atoms with E-state index < -0.39 is 53.4 Å². The van der Waals surface area contributed by atoms with Crippen molar-refractivity contribution in [2.45, 2.75) is 44.7 Å². The van der Waals surface area contributed by atoms with Crippen molar-refractivity contribution in [1.82, 2.24) is 4.98 Å². The number of aliphatic imine (C=N–C) groups is 3. The van der Waals surface area contributed by atoms with Gasteiger partial charge in [0.05, 0.1) is 25.2 Å². The molecule has 1 aromatic heterocycles. The summed E-state index contributed by atoms with van der Waals surface area (Å²) in [5.74, 6) is -3.45. The maximum Gasteiger partial charge on any atom is 0.416 e. The number of allylic oxidation sites excluding steroid dienone is 3. The first-order valence-electron chi connectivity index (χ1n) is 34.4. The monoisotopic (exact) mass is 1470 g/mol. The minimum Gasteiger partial charge on any atom is -0.478 e. The van der Waals surface area contributed by atoms with E-state index in [4.69, 9.17) is 18.9 Å². The van der Waals surface area contributed by atoms with E-state index in [1.807, 2.05) is 79.7 Å². The molecule has 109 heavy (non-hydrogen) atoms. The molecule has 5 N–H and O–H groups in total. The third kappa shape index (κ3) is 16.4. The van der Waals surface area contributed by atoms with Crippen LogP contribution in [-0.2, 0) is 19.0 Å². The Kier molecular flexibility index (Phi) is 20.5. The van der Waals surface area contributed by atoms with Crippen LogP contribution in [0.2, 0.25) is 0 Å². The van der Waals surface area contributed by atoms with Gasteiger partial charge in [0, 0.05) is 35.3 Å². The molecule has 0 amide bonds. The van der Waals surface area contributed by atoms with Crippen molar-refractivity contribution < 1.29 is 84.9 Å². The number of fused-ring (bicyclic) bond motifs is 2. The molecule has 0 bridgehead atoms. The predicted octanol–water partition coefficient (Wildman–Crippen LogP) is 21.6. The number of carboxylic acid groups (broad SMARTS) is 4. The first-order valence-corrected chi connectivity index (χ1v) is 34.4. The van der Waals surface area contributed by atoms with E-state index in [1.54, 1.807) is 48.7 Å². The maximum absolute atomic E-state index is 13.8. The Labute approximate surface area is 617 Å². The van der Waals surface area contributed by atoms with Gasteiger partial charge in [0.1, 0.15) is 74.1 Å². The largest absolute Gasteiger partial charge is 0.478 e. The molecule has 0 unspecified atom stereocenters. The second-order valence-corrected chi connectivity index (χ2v) is 26.0. The SMILES string of the molecule is Cc1ccc2ccc(Oc3ccc(C4=CCN=C4)cc3C(=O)O)cc2c1.O=C(O)c1cc(-c2c[nH]cc2F)ccc1Oc1cc2c3c(cccc3c1)CC2.O=C(O)c1cc(C2=CCN=C2F)ccc1Oc1ccc2ccc(C3CC3)cc2c1.O=C(O)c1cc(C2=CCN=C2F)ccc1Oc1cccc(C(F)(F)F)c1. The van der Waals surface area contributed by atoms with Gasteiger partial charge in [-0.25, -0.2) is 23.6 Å². The van der Waals surface area contributed by atoms with Crippen molar-refractivity contribution in [1.29, 1.82) is 0 Å². The number of aromatic amines is 1.